The molecule has 1 heterocycles. The summed E-state index contributed by atoms with van der Waals surface area (Å²) in [6, 6.07) is 7.82. The Morgan fingerprint density at radius 2 is 2.22 bits per heavy atom. The maximum absolute atomic E-state index is 12.3. The molecule has 96 valence electrons. The van der Waals surface area contributed by atoms with E-state index >= 15 is 0 Å². The van der Waals surface area contributed by atoms with Gasteiger partial charge in [0.05, 0.1) is 22.1 Å². The fourth-order valence-corrected chi connectivity index (χ4v) is 3.59. The highest BCUT2D eigenvalue weighted by Crippen LogP contribution is 2.26. The van der Waals surface area contributed by atoms with Crippen molar-refractivity contribution < 1.29 is 13.5 Å². The Kier molecular flexibility index (Phi) is 3.15. The summed E-state index contributed by atoms with van der Waals surface area (Å²) in [5.41, 5.74) is -0.665. The molecule has 1 aromatic carbocycles. The van der Waals surface area contributed by atoms with E-state index in [1.165, 1.54) is 16.4 Å². The van der Waals surface area contributed by atoms with Gasteiger partial charge in [0.25, 0.3) is 0 Å². The molecule has 1 saturated heterocycles. The zero-order valence-corrected chi connectivity index (χ0v) is 10.8. The van der Waals surface area contributed by atoms with Gasteiger partial charge in [-0.1, -0.05) is 6.07 Å². The van der Waals surface area contributed by atoms with Crippen molar-refractivity contribution in [1.82, 2.24) is 4.31 Å². The first kappa shape index (κ1) is 13.0. The molecule has 0 amide bonds. The maximum Gasteiger partial charge on any atom is 0.243 e. The topological polar surface area (TPSA) is 81.4 Å². The summed E-state index contributed by atoms with van der Waals surface area (Å²) < 4.78 is 25.8. The van der Waals surface area contributed by atoms with Crippen LogP contribution in [0.4, 0.5) is 0 Å². The van der Waals surface area contributed by atoms with E-state index in [4.69, 9.17) is 5.26 Å². The van der Waals surface area contributed by atoms with Gasteiger partial charge >= 0.3 is 0 Å². The van der Waals surface area contributed by atoms with Crippen LogP contribution in [0.1, 0.15) is 18.9 Å². The second-order valence-corrected chi connectivity index (χ2v) is 6.66. The van der Waals surface area contributed by atoms with Gasteiger partial charge in [0.2, 0.25) is 10.0 Å². The largest absolute Gasteiger partial charge is 0.389 e. The molecule has 1 N–H and O–H groups in total. The minimum absolute atomic E-state index is 0.0894. The normalized spacial score (nSPS) is 24.9. The SMILES string of the molecule is CC1(O)CCN(S(=O)(=O)c2cccc(C#N)c2)C1. The summed E-state index contributed by atoms with van der Waals surface area (Å²) in [6.45, 7) is 2.01. The second kappa shape index (κ2) is 4.35. The van der Waals surface area contributed by atoms with Crippen LogP contribution in [0.5, 0.6) is 0 Å². The van der Waals surface area contributed by atoms with Crippen LogP contribution in [0.25, 0.3) is 0 Å². The Labute approximate surface area is 106 Å². The van der Waals surface area contributed by atoms with E-state index in [1.54, 1.807) is 19.1 Å². The Balaban J connectivity index is 2.35. The fraction of sp³-hybridized carbons (Fsp3) is 0.417. The molecule has 0 saturated carbocycles. The lowest BCUT2D eigenvalue weighted by molar-refractivity contribution is 0.0762. The lowest BCUT2D eigenvalue weighted by Gasteiger charge is -2.18. The Hall–Kier alpha value is -1.42. The highest BCUT2D eigenvalue weighted by molar-refractivity contribution is 7.89. The molecule has 0 bridgehead atoms. The van der Waals surface area contributed by atoms with Crippen LogP contribution < -0.4 is 0 Å². The number of sulfonamides is 1. The zero-order chi connectivity index (χ0) is 13.4. The molecule has 1 aliphatic heterocycles. The van der Waals surface area contributed by atoms with Crippen molar-refractivity contribution in [3.05, 3.63) is 29.8 Å². The molecular weight excluding hydrogens is 252 g/mol. The number of nitrogens with zero attached hydrogens (tertiary/aromatic N) is 2. The summed E-state index contributed by atoms with van der Waals surface area (Å²) in [7, 11) is -3.62. The van der Waals surface area contributed by atoms with Crippen molar-refractivity contribution in [2.45, 2.75) is 23.8 Å². The van der Waals surface area contributed by atoms with Gasteiger partial charge in [-0.15, -0.1) is 0 Å². The number of hydrogen-bond acceptors (Lipinski definition) is 4. The number of hydrogen-bond donors (Lipinski definition) is 1. The van der Waals surface area contributed by atoms with Gasteiger partial charge in [0.1, 0.15) is 0 Å². The highest BCUT2D eigenvalue weighted by Gasteiger charge is 2.38. The van der Waals surface area contributed by atoms with Crippen LogP contribution in [-0.4, -0.2) is 36.5 Å². The summed E-state index contributed by atoms with van der Waals surface area (Å²) in [5.74, 6) is 0. The lowest BCUT2D eigenvalue weighted by Crippen LogP contribution is -2.33. The molecule has 2 rings (SSSR count). The van der Waals surface area contributed by atoms with Crippen LogP contribution >= 0.6 is 0 Å². The fourth-order valence-electron chi connectivity index (χ4n) is 1.98. The molecule has 5 nitrogen and oxygen atoms in total. The minimum Gasteiger partial charge on any atom is -0.389 e. The number of nitriles is 1. The third-order valence-electron chi connectivity index (χ3n) is 3.02. The molecule has 0 aromatic heterocycles. The van der Waals surface area contributed by atoms with Crippen LogP contribution in [0, 0.1) is 11.3 Å². The third kappa shape index (κ3) is 2.38. The molecule has 1 aromatic rings. The quantitative estimate of drug-likeness (QED) is 0.854. The van der Waals surface area contributed by atoms with E-state index < -0.39 is 15.6 Å². The Morgan fingerprint density at radius 1 is 1.50 bits per heavy atom. The van der Waals surface area contributed by atoms with Gasteiger partial charge in [-0.05, 0) is 31.5 Å². The number of rotatable bonds is 2. The van der Waals surface area contributed by atoms with Crippen LogP contribution in [0.3, 0.4) is 0 Å². The van der Waals surface area contributed by atoms with Crippen molar-refractivity contribution in [3.8, 4) is 6.07 Å². The average molecular weight is 266 g/mol. The molecule has 6 heteroatoms. The zero-order valence-electron chi connectivity index (χ0n) is 10.00. The first-order valence-corrected chi connectivity index (χ1v) is 7.02. The van der Waals surface area contributed by atoms with Gasteiger partial charge in [-0.25, -0.2) is 8.42 Å². The monoisotopic (exact) mass is 266 g/mol. The van der Waals surface area contributed by atoms with Crippen molar-refractivity contribution in [3.63, 3.8) is 0 Å². The van der Waals surface area contributed by atoms with E-state index in [0.717, 1.165) is 0 Å². The molecule has 1 unspecified atom stereocenters. The van der Waals surface area contributed by atoms with Gasteiger partial charge in [-0.3, -0.25) is 0 Å². The van der Waals surface area contributed by atoms with E-state index in [-0.39, 0.29) is 11.4 Å². The molecule has 0 aliphatic carbocycles. The smallest absolute Gasteiger partial charge is 0.243 e. The van der Waals surface area contributed by atoms with Crippen LogP contribution in [-0.2, 0) is 10.0 Å². The second-order valence-electron chi connectivity index (χ2n) is 4.73. The minimum atomic E-state index is -3.62. The van der Waals surface area contributed by atoms with Gasteiger partial charge in [0.15, 0.2) is 0 Å². The molecule has 18 heavy (non-hydrogen) atoms. The Bertz CT molecular complexity index is 602. The molecule has 1 aliphatic rings. The van der Waals surface area contributed by atoms with Gasteiger partial charge in [0, 0.05) is 13.1 Å². The van der Waals surface area contributed by atoms with Gasteiger partial charge < -0.3 is 5.11 Å². The summed E-state index contributed by atoms with van der Waals surface area (Å²) in [5, 5.41) is 18.6. The predicted octanol–water partition coefficient (Wildman–Crippen LogP) is 0.704. The lowest BCUT2D eigenvalue weighted by atomic mass is 10.1. The average Bonchev–Trinajstić information content (AvgIpc) is 2.70. The van der Waals surface area contributed by atoms with E-state index in [2.05, 4.69) is 0 Å². The summed E-state index contributed by atoms with van der Waals surface area (Å²) in [4.78, 5) is 0.0965. The summed E-state index contributed by atoms with van der Waals surface area (Å²) >= 11 is 0. The van der Waals surface area contributed by atoms with E-state index in [9.17, 15) is 13.5 Å². The maximum atomic E-state index is 12.3. The number of benzene rings is 1. The van der Waals surface area contributed by atoms with Crippen LogP contribution in [0.15, 0.2) is 29.2 Å². The first-order chi connectivity index (χ1) is 8.35. The van der Waals surface area contributed by atoms with E-state index in [1.807, 2.05) is 6.07 Å². The van der Waals surface area contributed by atoms with Crippen LogP contribution in [0.2, 0.25) is 0 Å². The predicted molar refractivity (Wildman–Crippen MR) is 65.2 cm³/mol. The van der Waals surface area contributed by atoms with Crippen molar-refractivity contribution in [1.29, 1.82) is 5.26 Å². The third-order valence-corrected chi connectivity index (χ3v) is 4.86. The summed E-state index contributed by atoms with van der Waals surface area (Å²) in [6.07, 6.45) is 0.421. The number of aliphatic hydroxyl groups is 1. The molecule has 0 radical (unpaired) electrons. The highest BCUT2D eigenvalue weighted by atomic mass is 32.2. The van der Waals surface area contributed by atoms with E-state index in [0.29, 0.717) is 18.5 Å². The standard InChI is InChI=1S/C12H14N2O3S/c1-12(15)5-6-14(9-12)18(16,17)11-4-2-3-10(7-11)8-13/h2-4,7,15H,5-6,9H2,1H3. The van der Waals surface area contributed by atoms with Crippen molar-refractivity contribution in [2.24, 2.45) is 0 Å². The van der Waals surface area contributed by atoms with Gasteiger partial charge in [-0.2, -0.15) is 9.57 Å². The Morgan fingerprint density at radius 3 is 2.78 bits per heavy atom. The number of β-amino-alcohol motifs (C(OH)–C–C–N with tert-alkyl or cyclic N) is 1. The molecule has 1 atom stereocenters. The van der Waals surface area contributed by atoms with Crippen molar-refractivity contribution >= 4 is 10.0 Å². The molecule has 1 fully saturated rings. The molecule has 0 spiro atoms. The molecular formula is C12H14N2O3S. The van der Waals surface area contributed by atoms with Crippen molar-refractivity contribution in [2.75, 3.05) is 13.1 Å². The first-order valence-electron chi connectivity index (χ1n) is 5.58.